The molecule has 0 saturated carbocycles. The molecule has 0 aromatic heterocycles. The number of aryl methyl sites for hydroxylation is 1. The van der Waals surface area contributed by atoms with Crippen molar-refractivity contribution in [2.24, 2.45) is 0 Å². The van der Waals surface area contributed by atoms with Gasteiger partial charge in [-0.1, -0.05) is 24.3 Å². The predicted molar refractivity (Wildman–Crippen MR) is 141 cm³/mol. The highest BCUT2D eigenvalue weighted by Gasteiger charge is 2.38. The van der Waals surface area contributed by atoms with Crippen LogP contribution in [0.25, 0.3) is 0 Å². The Morgan fingerprint density at radius 1 is 0.929 bits per heavy atom. The maximum absolute atomic E-state index is 13.9. The minimum atomic E-state index is -5.02. The first kappa shape index (κ1) is 30.9. The van der Waals surface area contributed by atoms with Gasteiger partial charge < -0.3 is 15.1 Å². The van der Waals surface area contributed by atoms with Crippen molar-refractivity contribution in [3.63, 3.8) is 0 Å². The Morgan fingerprint density at radius 2 is 1.55 bits per heavy atom. The number of rotatable bonds is 5. The van der Waals surface area contributed by atoms with E-state index in [1.807, 2.05) is 0 Å². The van der Waals surface area contributed by atoms with Crippen molar-refractivity contribution in [1.82, 2.24) is 15.1 Å². The second-order valence-electron chi connectivity index (χ2n) is 10.3. The van der Waals surface area contributed by atoms with Crippen LogP contribution in [0, 0.1) is 12.7 Å². The molecule has 224 valence electrons. The molecule has 4 rings (SSSR count). The second kappa shape index (κ2) is 12.0. The van der Waals surface area contributed by atoms with Crippen LogP contribution in [-0.2, 0) is 18.9 Å². The molecule has 12 heteroatoms. The summed E-state index contributed by atoms with van der Waals surface area (Å²) in [5.74, 6) is -0.793. The number of alkyl halides is 6. The maximum Gasteiger partial charge on any atom is 0.416 e. The van der Waals surface area contributed by atoms with Gasteiger partial charge in [-0.15, -0.1) is 0 Å². The first-order valence-electron chi connectivity index (χ1n) is 13.1. The molecule has 1 aliphatic rings. The lowest BCUT2D eigenvalue weighted by atomic mass is 9.89. The fraction of sp³-hybridized carbons (Fsp3) is 0.333. The lowest BCUT2D eigenvalue weighted by Gasteiger charge is -2.42. The SMILES string of the molecule is Cc1cc(F)ccc1[C@@H]1C[C@@H](NC(=O)c2ccccc2)CCN1C(=O)N(C)Cc1cc(C(F)(F)F)cc(C(F)(F)F)c1. The zero-order valence-corrected chi connectivity index (χ0v) is 22.7. The molecule has 3 aromatic carbocycles. The van der Waals surface area contributed by atoms with Gasteiger partial charge in [0.1, 0.15) is 5.82 Å². The van der Waals surface area contributed by atoms with Crippen molar-refractivity contribution >= 4 is 11.9 Å². The molecule has 0 aliphatic carbocycles. The molecule has 2 atom stereocenters. The highest BCUT2D eigenvalue weighted by Crippen LogP contribution is 2.37. The first-order valence-corrected chi connectivity index (χ1v) is 13.1. The highest BCUT2D eigenvalue weighted by atomic mass is 19.4. The average Bonchev–Trinajstić information content (AvgIpc) is 2.92. The Bertz CT molecular complexity index is 1410. The van der Waals surface area contributed by atoms with E-state index in [1.165, 1.54) is 30.1 Å². The number of hydrogen-bond acceptors (Lipinski definition) is 2. The number of benzene rings is 3. The Morgan fingerprint density at radius 3 is 2.12 bits per heavy atom. The van der Waals surface area contributed by atoms with Crippen molar-refractivity contribution in [1.29, 1.82) is 0 Å². The largest absolute Gasteiger partial charge is 0.416 e. The van der Waals surface area contributed by atoms with Crippen molar-refractivity contribution in [3.05, 3.63) is 106 Å². The molecule has 1 heterocycles. The number of piperidine rings is 1. The van der Waals surface area contributed by atoms with Crippen molar-refractivity contribution in [2.75, 3.05) is 13.6 Å². The lowest BCUT2D eigenvalue weighted by Crippen LogP contribution is -2.51. The standard InChI is InChI=1S/C30H28F7N3O2/c1-18-12-23(31)8-9-25(18)26-16-24(38-27(41)20-6-4-3-5-7-20)10-11-40(26)28(42)39(2)17-19-13-21(29(32,33)34)15-22(14-19)30(35,36)37/h3-9,12-15,24,26H,10-11,16-17H2,1-2H3,(H,38,41)/t24-,26-/m0/s1. The summed E-state index contributed by atoms with van der Waals surface area (Å²) >= 11 is 0. The molecule has 5 nitrogen and oxygen atoms in total. The molecule has 1 N–H and O–H groups in total. The number of halogens is 7. The third-order valence-corrected chi connectivity index (χ3v) is 7.20. The molecular weight excluding hydrogens is 567 g/mol. The zero-order chi connectivity index (χ0) is 30.8. The van der Waals surface area contributed by atoms with E-state index in [9.17, 15) is 40.3 Å². The Balaban J connectivity index is 1.59. The van der Waals surface area contributed by atoms with E-state index in [-0.39, 0.29) is 36.5 Å². The first-order chi connectivity index (χ1) is 19.6. The van der Waals surface area contributed by atoms with E-state index >= 15 is 0 Å². The van der Waals surface area contributed by atoms with E-state index in [0.717, 1.165) is 4.90 Å². The van der Waals surface area contributed by atoms with Gasteiger partial charge in [-0.3, -0.25) is 4.79 Å². The Hall–Kier alpha value is -4.09. The van der Waals surface area contributed by atoms with Crippen LogP contribution in [0.3, 0.4) is 0 Å². The number of hydrogen-bond donors (Lipinski definition) is 1. The molecule has 0 radical (unpaired) electrons. The molecule has 0 bridgehead atoms. The topological polar surface area (TPSA) is 52.7 Å². The fourth-order valence-electron chi connectivity index (χ4n) is 5.16. The monoisotopic (exact) mass is 595 g/mol. The van der Waals surface area contributed by atoms with Crippen LogP contribution < -0.4 is 5.32 Å². The molecule has 42 heavy (non-hydrogen) atoms. The van der Waals surface area contributed by atoms with Gasteiger partial charge in [0.05, 0.1) is 17.2 Å². The van der Waals surface area contributed by atoms with Crippen LogP contribution in [0.5, 0.6) is 0 Å². The fourth-order valence-corrected chi connectivity index (χ4v) is 5.16. The van der Waals surface area contributed by atoms with Gasteiger partial charge in [-0.05, 0) is 78.9 Å². The summed E-state index contributed by atoms with van der Waals surface area (Å²) in [5, 5.41) is 2.96. The highest BCUT2D eigenvalue weighted by molar-refractivity contribution is 5.94. The van der Waals surface area contributed by atoms with Crippen molar-refractivity contribution in [2.45, 2.75) is 50.7 Å². The van der Waals surface area contributed by atoms with Crippen LogP contribution in [0.1, 0.15) is 57.1 Å². The number of carbonyl (C=O) groups excluding carboxylic acids is 2. The molecule has 3 amide bonds. The summed E-state index contributed by atoms with van der Waals surface area (Å²) in [5.41, 5.74) is -1.68. The minimum Gasteiger partial charge on any atom is -0.349 e. The second-order valence-corrected chi connectivity index (χ2v) is 10.3. The molecule has 0 unspecified atom stereocenters. The number of urea groups is 1. The molecule has 1 fully saturated rings. The van der Waals surface area contributed by atoms with Crippen molar-refractivity contribution < 1.29 is 40.3 Å². The molecular formula is C30H28F7N3O2. The van der Waals surface area contributed by atoms with Gasteiger partial charge in [0, 0.05) is 31.7 Å². The predicted octanol–water partition coefficient (Wildman–Crippen LogP) is 7.36. The smallest absolute Gasteiger partial charge is 0.349 e. The minimum absolute atomic E-state index is 0.0349. The number of carbonyl (C=O) groups is 2. The maximum atomic E-state index is 13.9. The summed E-state index contributed by atoms with van der Waals surface area (Å²) in [6.07, 6.45) is -9.44. The van der Waals surface area contributed by atoms with Gasteiger partial charge in [0.15, 0.2) is 0 Å². The summed E-state index contributed by atoms with van der Waals surface area (Å²) in [6, 6.07) is 12.2. The van der Waals surface area contributed by atoms with Gasteiger partial charge in [-0.25, -0.2) is 9.18 Å². The summed E-state index contributed by atoms with van der Waals surface area (Å²) in [7, 11) is 1.29. The molecule has 3 aromatic rings. The summed E-state index contributed by atoms with van der Waals surface area (Å²) in [6.45, 7) is 1.27. The Kier molecular flexibility index (Phi) is 8.84. The average molecular weight is 596 g/mol. The zero-order valence-electron chi connectivity index (χ0n) is 22.7. The third-order valence-electron chi connectivity index (χ3n) is 7.20. The van der Waals surface area contributed by atoms with Crippen LogP contribution in [0.2, 0.25) is 0 Å². The third kappa shape index (κ3) is 7.21. The number of nitrogens with one attached hydrogen (secondary N) is 1. The molecule has 1 aliphatic heterocycles. The van der Waals surface area contributed by atoms with Crippen LogP contribution in [0.15, 0.2) is 66.7 Å². The van der Waals surface area contributed by atoms with Crippen LogP contribution in [-0.4, -0.2) is 41.4 Å². The van der Waals surface area contributed by atoms with Gasteiger partial charge in [0.2, 0.25) is 0 Å². The van der Waals surface area contributed by atoms with Gasteiger partial charge >= 0.3 is 18.4 Å². The lowest BCUT2D eigenvalue weighted by molar-refractivity contribution is -0.143. The quantitative estimate of drug-likeness (QED) is 0.314. The summed E-state index contributed by atoms with van der Waals surface area (Å²) in [4.78, 5) is 28.9. The molecule has 1 saturated heterocycles. The van der Waals surface area contributed by atoms with Crippen LogP contribution >= 0.6 is 0 Å². The van der Waals surface area contributed by atoms with Crippen LogP contribution in [0.4, 0.5) is 35.5 Å². The Labute approximate surface area is 237 Å². The van der Waals surface area contributed by atoms with E-state index in [1.54, 1.807) is 37.3 Å². The van der Waals surface area contributed by atoms with E-state index in [0.29, 0.717) is 35.2 Å². The molecule has 0 spiro atoms. The number of nitrogens with zero attached hydrogens (tertiary/aromatic N) is 2. The summed E-state index contributed by atoms with van der Waals surface area (Å²) < 4.78 is 94.0. The number of amides is 3. The number of likely N-dealkylation sites (tertiary alicyclic amines) is 1. The van der Waals surface area contributed by atoms with E-state index in [4.69, 9.17) is 0 Å². The van der Waals surface area contributed by atoms with E-state index in [2.05, 4.69) is 5.32 Å². The van der Waals surface area contributed by atoms with Gasteiger partial charge in [-0.2, -0.15) is 26.3 Å². The van der Waals surface area contributed by atoms with Crippen molar-refractivity contribution in [3.8, 4) is 0 Å². The normalized spacial score (nSPS) is 17.6. The van der Waals surface area contributed by atoms with Gasteiger partial charge in [0.25, 0.3) is 5.91 Å². The van der Waals surface area contributed by atoms with E-state index < -0.39 is 47.9 Å².